The number of nitrogens with zero attached hydrogens (tertiary/aromatic N) is 2. The number of urea groups is 1. The molecule has 29 heavy (non-hydrogen) atoms. The van der Waals surface area contributed by atoms with E-state index in [1.807, 2.05) is 24.3 Å². The van der Waals surface area contributed by atoms with Gasteiger partial charge in [0, 0.05) is 18.7 Å². The molecule has 0 fully saturated rings. The minimum absolute atomic E-state index is 0.0410. The highest BCUT2D eigenvalue weighted by Crippen LogP contribution is 2.34. The molecule has 3 N–H and O–H groups in total. The molecule has 1 atom stereocenters. The number of fused-ring (bicyclic) bond motifs is 1. The predicted molar refractivity (Wildman–Crippen MR) is 106 cm³/mol. The molecule has 0 radical (unpaired) electrons. The molecule has 0 saturated heterocycles. The van der Waals surface area contributed by atoms with Gasteiger partial charge in [0.15, 0.2) is 0 Å². The topological polar surface area (TPSA) is 108 Å². The second-order valence-corrected chi connectivity index (χ2v) is 6.67. The first-order valence-corrected chi connectivity index (χ1v) is 9.14. The number of imidazole rings is 1. The van der Waals surface area contributed by atoms with Crippen molar-refractivity contribution in [1.29, 1.82) is 0 Å². The second kappa shape index (κ2) is 7.67. The SMILES string of the molecule is COc1ccc([C@@H]2c3nc[nH]c3CCN2C(=O)Nc2ccccc2C(=O)O)cc1. The number of carbonyl (C=O) groups excluding carboxylic acids is 1. The zero-order valence-electron chi connectivity index (χ0n) is 15.8. The van der Waals surface area contributed by atoms with Crippen LogP contribution in [0.4, 0.5) is 10.5 Å². The van der Waals surface area contributed by atoms with E-state index in [1.165, 1.54) is 6.07 Å². The molecule has 0 saturated carbocycles. The van der Waals surface area contributed by atoms with Gasteiger partial charge < -0.3 is 25.0 Å². The van der Waals surface area contributed by atoms with Crippen molar-refractivity contribution in [1.82, 2.24) is 14.9 Å². The maximum Gasteiger partial charge on any atom is 0.337 e. The van der Waals surface area contributed by atoms with Crippen LogP contribution in [0.25, 0.3) is 0 Å². The van der Waals surface area contributed by atoms with Gasteiger partial charge in [0.05, 0.1) is 30.4 Å². The number of ether oxygens (including phenoxy) is 1. The third-order valence-corrected chi connectivity index (χ3v) is 5.02. The lowest BCUT2D eigenvalue weighted by atomic mass is 9.96. The minimum atomic E-state index is -1.10. The fourth-order valence-corrected chi connectivity index (χ4v) is 3.58. The van der Waals surface area contributed by atoms with E-state index in [1.54, 1.807) is 36.5 Å². The van der Waals surface area contributed by atoms with Crippen molar-refractivity contribution in [3.63, 3.8) is 0 Å². The van der Waals surface area contributed by atoms with Gasteiger partial charge in [-0.05, 0) is 29.8 Å². The van der Waals surface area contributed by atoms with E-state index in [0.29, 0.717) is 13.0 Å². The Labute approximate surface area is 167 Å². The number of nitrogens with one attached hydrogen (secondary N) is 2. The number of anilines is 1. The van der Waals surface area contributed by atoms with E-state index in [9.17, 15) is 14.7 Å². The van der Waals surface area contributed by atoms with Gasteiger partial charge in [-0.2, -0.15) is 0 Å². The highest BCUT2D eigenvalue weighted by atomic mass is 16.5. The van der Waals surface area contributed by atoms with Crippen LogP contribution < -0.4 is 10.1 Å². The molecule has 0 bridgehead atoms. The maximum absolute atomic E-state index is 13.1. The number of aromatic nitrogens is 2. The molecule has 8 nitrogen and oxygen atoms in total. The normalized spacial score (nSPS) is 15.5. The molecular formula is C21H20N4O4. The van der Waals surface area contributed by atoms with Crippen molar-refractivity contribution in [2.75, 3.05) is 19.0 Å². The van der Waals surface area contributed by atoms with Crippen molar-refractivity contribution in [2.24, 2.45) is 0 Å². The van der Waals surface area contributed by atoms with E-state index in [-0.39, 0.29) is 17.3 Å². The summed E-state index contributed by atoms with van der Waals surface area (Å²) < 4.78 is 5.23. The molecule has 1 aliphatic rings. The zero-order chi connectivity index (χ0) is 20.4. The number of hydrogen-bond acceptors (Lipinski definition) is 4. The lowest BCUT2D eigenvalue weighted by Gasteiger charge is -2.35. The van der Waals surface area contributed by atoms with Crippen molar-refractivity contribution in [2.45, 2.75) is 12.5 Å². The smallest absolute Gasteiger partial charge is 0.337 e. The summed E-state index contributed by atoms with van der Waals surface area (Å²) in [6, 6.07) is 13.0. The number of aromatic carboxylic acids is 1. The summed E-state index contributed by atoms with van der Waals surface area (Å²) in [6.45, 7) is 0.465. The van der Waals surface area contributed by atoms with Crippen molar-refractivity contribution in [3.05, 3.63) is 77.4 Å². The molecule has 2 heterocycles. The highest BCUT2D eigenvalue weighted by molar-refractivity contribution is 6.00. The summed E-state index contributed by atoms with van der Waals surface area (Å²) in [7, 11) is 1.60. The number of rotatable bonds is 4. The Bertz CT molecular complexity index is 1040. The quantitative estimate of drug-likeness (QED) is 0.631. The van der Waals surface area contributed by atoms with Gasteiger partial charge in [-0.1, -0.05) is 24.3 Å². The molecule has 2 amide bonds. The molecule has 0 aliphatic carbocycles. The number of H-pyrrole nitrogens is 1. The number of carboxylic acid groups (broad SMARTS) is 1. The molecule has 0 unspecified atom stereocenters. The third kappa shape index (κ3) is 3.52. The van der Waals surface area contributed by atoms with E-state index in [0.717, 1.165) is 22.7 Å². The van der Waals surface area contributed by atoms with Crippen LogP contribution in [0.2, 0.25) is 0 Å². The summed E-state index contributed by atoms with van der Waals surface area (Å²) in [4.78, 5) is 33.9. The van der Waals surface area contributed by atoms with Crippen molar-refractivity contribution in [3.8, 4) is 5.75 Å². The first-order valence-electron chi connectivity index (χ1n) is 9.14. The van der Waals surface area contributed by atoms with Gasteiger partial charge in [0.25, 0.3) is 0 Å². The monoisotopic (exact) mass is 392 g/mol. The first kappa shape index (κ1) is 18.5. The average molecular weight is 392 g/mol. The summed E-state index contributed by atoms with van der Waals surface area (Å²) in [5, 5.41) is 12.1. The standard InChI is InChI=1S/C21H20N4O4/c1-29-14-8-6-13(7-9-14)19-18-17(22-12-23-18)10-11-25(19)21(28)24-16-5-3-2-4-15(16)20(26)27/h2-9,12,19H,10-11H2,1H3,(H,22,23)(H,24,28)(H,26,27)/t19-/m1/s1. The number of methoxy groups -OCH3 is 1. The van der Waals surface area contributed by atoms with Gasteiger partial charge in [-0.15, -0.1) is 0 Å². The van der Waals surface area contributed by atoms with Crippen molar-refractivity contribution < 1.29 is 19.4 Å². The van der Waals surface area contributed by atoms with Gasteiger partial charge in [0.2, 0.25) is 0 Å². The molecule has 3 aromatic rings. The van der Waals surface area contributed by atoms with Crippen LogP contribution in [-0.4, -0.2) is 45.6 Å². The summed E-state index contributed by atoms with van der Waals surface area (Å²) >= 11 is 0. The molecule has 148 valence electrons. The number of aromatic amines is 1. The van der Waals surface area contributed by atoms with E-state index in [4.69, 9.17) is 4.74 Å². The van der Waals surface area contributed by atoms with Crippen molar-refractivity contribution >= 4 is 17.7 Å². The van der Waals surface area contributed by atoms with Crippen LogP contribution in [0.1, 0.15) is 33.4 Å². The number of amides is 2. The van der Waals surface area contributed by atoms with E-state index >= 15 is 0 Å². The fraction of sp³-hybridized carbons (Fsp3) is 0.190. The number of carbonyl (C=O) groups is 2. The van der Waals surface area contributed by atoms with E-state index < -0.39 is 12.0 Å². The van der Waals surface area contributed by atoms with Crippen LogP contribution in [0.5, 0.6) is 5.75 Å². The lowest BCUT2D eigenvalue weighted by Crippen LogP contribution is -2.43. The van der Waals surface area contributed by atoms with Gasteiger partial charge in [0.1, 0.15) is 11.8 Å². The first-order chi connectivity index (χ1) is 14.1. The number of benzene rings is 2. The van der Waals surface area contributed by atoms with Crippen LogP contribution >= 0.6 is 0 Å². The van der Waals surface area contributed by atoms with Crippen LogP contribution in [-0.2, 0) is 6.42 Å². The van der Waals surface area contributed by atoms with E-state index in [2.05, 4.69) is 15.3 Å². The maximum atomic E-state index is 13.1. The van der Waals surface area contributed by atoms with Crippen LogP contribution in [0.3, 0.4) is 0 Å². The summed E-state index contributed by atoms with van der Waals surface area (Å²) in [6.07, 6.45) is 2.26. The molecule has 1 aliphatic heterocycles. The Morgan fingerprint density at radius 3 is 2.69 bits per heavy atom. The number of carboxylic acids is 1. The molecule has 8 heteroatoms. The van der Waals surface area contributed by atoms with Crippen LogP contribution in [0.15, 0.2) is 54.9 Å². The fourth-order valence-electron chi connectivity index (χ4n) is 3.58. The Morgan fingerprint density at radius 2 is 1.97 bits per heavy atom. The highest BCUT2D eigenvalue weighted by Gasteiger charge is 2.34. The Balaban J connectivity index is 1.68. The molecule has 4 rings (SSSR count). The Kier molecular flexibility index (Phi) is 4.90. The van der Waals surface area contributed by atoms with Gasteiger partial charge >= 0.3 is 12.0 Å². The lowest BCUT2D eigenvalue weighted by molar-refractivity contribution is 0.0698. The molecule has 2 aromatic carbocycles. The minimum Gasteiger partial charge on any atom is -0.497 e. The zero-order valence-corrected chi connectivity index (χ0v) is 15.8. The van der Waals surface area contributed by atoms with Gasteiger partial charge in [-0.3, -0.25) is 0 Å². The van der Waals surface area contributed by atoms with Gasteiger partial charge in [-0.25, -0.2) is 14.6 Å². The largest absolute Gasteiger partial charge is 0.497 e. The molecule has 0 spiro atoms. The average Bonchev–Trinajstić information content (AvgIpc) is 3.22. The third-order valence-electron chi connectivity index (χ3n) is 5.02. The Morgan fingerprint density at radius 1 is 1.21 bits per heavy atom. The molecule has 1 aromatic heterocycles. The number of hydrogen-bond donors (Lipinski definition) is 3. The summed E-state index contributed by atoms with van der Waals surface area (Å²) in [5.74, 6) is -0.376. The number of para-hydroxylation sites is 1. The second-order valence-electron chi connectivity index (χ2n) is 6.67. The predicted octanol–water partition coefficient (Wildman–Crippen LogP) is 3.30. The van der Waals surface area contributed by atoms with Crippen LogP contribution in [0, 0.1) is 0 Å². The Hall–Kier alpha value is -3.81. The molecular weight excluding hydrogens is 372 g/mol. The summed E-state index contributed by atoms with van der Waals surface area (Å²) in [5.41, 5.74) is 2.95.